The van der Waals surface area contributed by atoms with Crippen molar-refractivity contribution >= 4 is 22.8 Å². The minimum atomic E-state index is -0.803. The Kier molecular flexibility index (Phi) is 5.26. The van der Waals surface area contributed by atoms with Crippen molar-refractivity contribution in [2.24, 2.45) is 5.41 Å². The summed E-state index contributed by atoms with van der Waals surface area (Å²) in [5, 5.41) is 10.2. The van der Waals surface area contributed by atoms with Gasteiger partial charge in [0.25, 0.3) is 0 Å². The fourth-order valence-corrected chi connectivity index (χ4v) is 3.74. The van der Waals surface area contributed by atoms with Gasteiger partial charge in [0.1, 0.15) is 0 Å². The number of hydrogen-bond donors (Lipinski definition) is 1. The molecule has 0 amide bonds. The van der Waals surface area contributed by atoms with Gasteiger partial charge in [0, 0.05) is 17.5 Å². The number of para-hydroxylation sites is 1. The van der Waals surface area contributed by atoms with Gasteiger partial charge >= 0.3 is 5.97 Å². The maximum atomic E-state index is 13.0. The minimum Gasteiger partial charge on any atom is -0.481 e. The molecule has 1 heterocycles. The van der Waals surface area contributed by atoms with Gasteiger partial charge in [0.2, 0.25) is 5.91 Å². The van der Waals surface area contributed by atoms with Gasteiger partial charge in [-0.05, 0) is 43.2 Å². The van der Waals surface area contributed by atoms with E-state index in [-0.39, 0.29) is 17.7 Å². The Morgan fingerprint density at radius 2 is 1.88 bits per heavy atom. The SMILES string of the molecule is CCCCCCc1cc2ccccc2n1C(=O)CC1(CC(=O)O)CC1. The average molecular weight is 341 g/mol. The molecular formula is C21H27NO3. The van der Waals surface area contributed by atoms with Gasteiger partial charge in [-0.15, -0.1) is 0 Å². The number of carboxylic acids is 1. The highest BCUT2D eigenvalue weighted by molar-refractivity contribution is 5.94. The van der Waals surface area contributed by atoms with Crippen LogP contribution in [0.25, 0.3) is 10.9 Å². The number of aliphatic carboxylic acids is 1. The molecule has 0 atom stereocenters. The van der Waals surface area contributed by atoms with Gasteiger partial charge in [-0.2, -0.15) is 0 Å². The summed E-state index contributed by atoms with van der Waals surface area (Å²) in [6.45, 7) is 2.19. The van der Waals surface area contributed by atoms with Gasteiger partial charge < -0.3 is 5.11 Å². The van der Waals surface area contributed by atoms with Crippen LogP contribution in [0.15, 0.2) is 30.3 Å². The standard InChI is InChI=1S/C21H27NO3/c1-2-3-4-5-9-17-13-16-8-6-7-10-18(16)22(17)19(23)14-21(11-12-21)15-20(24)25/h6-8,10,13H,2-5,9,11-12,14-15H2,1H3,(H,24,25). The molecule has 1 aliphatic carbocycles. The number of rotatable bonds is 9. The Hall–Kier alpha value is -2.10. The number of carboxylic acid groups (broad SMARTS) is 1. The van der Waals surface area contributed by atoms with Crippen LogP contribution in [0.3, 0.4) is 0 Å². The van der Waals surface area contributed by atoms with Gasteiger partial charge in [-0.3, -0.25) is 14.2 Å². The quantitative estimate of drug-likeness (QED) is 0.649. The first-order chi connectivity index (χ1) is 12.0. The highest BCUT2D eigenvalue weighted by atomic mass is 16.4. The van der Waals surface area contributed by atoms with Crippen molar-refractivity contribution in [3.05, 3.63) is 36.0 Å². The second-order valence-electron chi connectivity index (χ2n) is 7.48. The highest BCUT2D eigenvalue weighted by Crippen LogP contribution is 2.52. The second kappa shape index (κ2) is 7.42. The largest absolute Gasteiger partial charge is 0.481 e. The Morgan fingerprint density at radius 1 is 1.12 bits per heavy atom. The number of aromatic nitrogens is 1. The third kappa shape index (κ3) is 4.12. The van der Waals surface area contributed by atoms with Crippen molar-refractivity contribution in [1.82, 2.24) is 4.57 Å². The Morgan fingerprint density at radius 3 is 2.56 bits per heavy atom. The lowest BCUT2D eigenvalue weighted by molar-refractivity contribution is -0.138. The highest BCUT2D eigenvalue weighted by Gasteiger charge is 2.46. The minimum absolute atomic E-state index is 0.0467. The van der Waals surface area contributed by atoms with Crippen LogP contribution in [0.1, 0.15) is 68.8 Å². The maximum Gasteiger partial charge on any atom is 0.303 e. The lowest BCUT2D eigenvalue weighted by Gasteiger charge is -2.15. The number of carbonyl (C=O) groups is 2. The fraction of sp³-hybridized carbons (Fsp3) is 0.524. The Labute approximate surface area is 148 Å². The molecule has 25 heavy (non-hydrogen) atoms. The average Bonchev–Trinajstić information content (AvgIpc) is 3.20. The molecule has 1 aromatic carbocycles. The summed E-state index contributed by atoms with van der Waals surface area (Å²) in [4.78, 5) is 24.1. The summed E-state index contributed by atoms with van der Waals surface area (Å²) < 4.78 is 1.85. The first-order valence-electron chi connectivity index (χ1n) is 9.39. The smallest absolute Gasteiger partial charge is 0.303 e. The molecule has 1 aliphatic rings. The molecule has 1 aromatic heterocycles. The zero-order chi connectivity index (χ0) is 17.9. The molecule has 134 valence electrons. The first-order valence-corrected chi connectivity index (χ1v) is 9.39. The van der Waals surface area contributed by atoms with Crippen molar-refractivity contribution < 1.29 is 14.7 Å². The van der Waals surface area contributed by atoms with Crippen molar-refractivity contribution in [3.8, 4) is 0 Å². The first kappa shape index (κ1) is 17.7. The van der Waals surface area contributed by atoms with Crippen LogP contribution in [0, 0.1) is 5.41 Å². The summed E-state index contributed by atoms with van der Waals surface area (Å²) in [6, 6.07) is 10.1. The number of aryl methyl sites for hydroxylation is 1. The van der Waals surface area contributed by atoms with Gasteiger partial charge in [-0.1, -0.05) is 44.4 Å². The normalized spacial score (nSPS) is 15.4. The lowest BCUT2D eigenvalue weighted by atomic mass is 9.97. The Bertz CT molecular complexity index is 771. The predicted octanol–water partition coefficient (Wildman–Crippen LogP) is 5.05. The Balaban J connectivity index is 1.82. The van der Waals surface area contributed by atoms with Crippen molar-refractivity contribution in [1.29, 1.82) is 0 Å². The molecule has 0 saturated heterocycles. The van der Waals surface area contributed by atoms with Crippen LogP contribution in [-0.4, -0.2) is 21.6 Å². The number of hydrogen-bond acceptors (Lipinski definition) is 2. The lowest BCUT2D eigenvalue weighted by Crippen LogP contribution is -2.20. The van der Waals surface area contributed by atoms with E-state index in [1.54, 1.807) is 0 Å². The van der Waals surface area contributed by atoms with E-state index in [1.807, 2.05) is 28.8 Å². The third-order valence-corrected chi connectivity index (χ3v) is 5.33. The van der Waals surface area contributed by atoms with Gasteiger partial charge in [0.15, 0.2) is 0 Å². The monoisotopic (exact) mass is 341 g/mol. The van der Waals surface area contributed by atoms with E-state index in [9.17, 15) is 9.59 Å². The van der Waals surface area contributed by atoms with E-state index in [2.05, 4.69) is 13.0 Å². The number of nitrogens with zero attached hydrogens (tertiary/aromatic N) is 1. The number of benzene rings is 1. The van der Waals surface area contributed by atoms with Crippen LogP contribution in [0.2, 0.25) is 0 Å². The third-order valence-electron chi connectivity index (χ3n) is 5.33. The van der Waals surface area contributed by atoms with Crippen molar-refractivity contribution in [3.63, 3.8) is 0 Å². The number of unbranched alkanes of at least 4 members (excludes halogenated alkanes) is 3. The molecule has 0 radical (unpaired) electrons. The van der Waals surface area contributed by atoms with Crippen LogP contribution >= 0.6 is 0 Å². The van der Waals surface area contributed by atoms with Crippen LogP contribution in [0.4, 0.5) is 0 Å². The van der Waals surface area contributed by atoms with E-state index >= 15 is 0 Å². The van der Waals surface area contributed by atoms with Crippen molar-refractivity contribution in [2.45, 2.75) is 64.7 Å². The number of fused-ring (bicyclic) bond motifs is 1. The summed E-state index contributed by atoms with van der Waals surface area (Å²) in [7, 11) is 0. The van der Waals surface area contributed by atoms with E-state index in [0.29, 0.717) is 6.42 Å². The molecular weight excluding hydrogens is 314 g/mol. The van der Waals surface area contributed by atoms with Crippen LogP contribution < -0.4 is 0 Å². The van der Waals surface area contributed by atoms with Gasteiger partial charge in [-0.25, -0.2) is 0 Å². The second-order valence-corrected chi connectivity index (χ2v) is 7.48. The molecule has 0 bridgehead atoms. The molecule has 0 aliphatic heterocycles. The molecule has 4 heteroatoms. The van der Waals surface area contributed by atoms with E-state index in [0.717, 1.165) is 42.3 Å². The van der Waals surface area contributed by atoms with Crippen LogP contribution in [0.5, 0.6) is 0 Å². The molecule has 1 fully saturated rings. The van der Waals surface area contributed by atoms with E-state index in [4.69, 9.17) is 5.11 Å². The maximum absolute atomic E-state index is 13.0. The molecule has 2 aromatic rings. The van der Waals surface area contributed by atoms with Crippen LogP contribution in [-0.2, 0) is 11.2 Å². The summed E-state index contributed by atoms with van der Waals surface area (Å²) in [5.74, 6) is -0.757. The zero-order valence-corrected chi connectivity index (χ0v) is 15.0. The predicted molar refractivity (Wildman–Crippen MR) is 98.9 cm³/mol. The molecule has 1 saturated carbocycles. The molecule has 0 spiro atoms. The molecule has 3 rings (SSSR count). The zero-order valence-electron chi connectivity index (χ0n) is 15.0. The molecule has 1 N–H and O–H groups in total. The van der Waals surface area contributed by atoms with E-state index in [1.165, 1.54) is 19.3 Å². The fourth-order valence-electron chi connectivity index (χ4n) is 3.74. The summed E-state index contributed by atoms with van der Waals surface area (Å²) >= 11 is 0. The number of carbonyl (C=O) groups excluding carboxylic acids is 1. The summed E-state index contributed by atoms with van der Waals surface area (Å²) in [6.07, 6.45) is 7.69. The summed E-state index contributed by atoms with van der Waals surface area (Å²) in [5.41, 5.74) is 1.70. The topological polar surface area (TPSA) is 59.3 Å². The van der Waals surface area contributed by atoms with Crippen molar-refractivity contribution in [2.75, 3.05) is 0 Å². The molecule has 0 unspecified atom stereocenters. The van der Waals surface area contributed by atoms with Gasteiger partial charge in [0.05, 0.1) is 11.9 Å². The molecule has 4 nitrogen and oxygen atoms in total. The van der Waals surface area contributed by atoms with E-state index < -0.39 is 5.97 Å².